The van der Waals surface area contributed by atoms with Crippen molar-refractivity contribution < 1.29 is 0 Å². The fourth-order valence-corrected chi connectivity index (χ4v) is 5.28. The Morgan fingerprint density at radius 2 is 1.29 bits per heavy atom. The van der Waals surface area contributed by atoms with Crippen molar-refractivity contribution in [3.8, 4) is 0 Å². The van der Waals surface area contributed by atoms with E-state index >= 15 is 0 Å². The average molecular weight is 479 g/mol. The number of piperazine rings is 1. The molecule has 0 amide bonds. The molecule has 1 fully saturated rings. The minimum Gasteiger partial charge on any atom is -0.361 e. The van der Waals surface area contributed by atoms with Gasteiger partial charge in [0.25, 0.3) is 0 Å². The van der Waals surface area contributed by atoms with Gasteiger partial charge in [-0.2, -0.15) is 0 Å². The van der Waals surface area contributed by atoms with Gasteiger partial charge < -0.3 is 19.8 Å². The number of nitrogens with zero attached hydrogens (tertiary/aromatic N) is 2. The van der Waals surface area contributed by atoms with Crippen molar-refractivity contribution in [3.05, 3.63) is 70.5 Å². The van der Waals surface area contributed by atoms with E-state index in [1.165, 1.54) is 85.0 Å². The molecular weight excluding hydrogens is 448 g/mol. The number of hydrogen-bond donors (Lipinski definition) is 2. The van der Waals surface area contributed by atoms with E-state index in [9.17, 15) is 0 Å². The average Bonchev–Trinajstić information content (AvgIpc) is 3.39. The molecule has 0 aliphatic carbocycles. The molecule has 0 spiro atoms. The Morgan fingerprint density at radius 3 is 1.97 bits per heavy atom. The van der Waals surface area contributed by atoms with Crippen LogP contribution in [0, 0.1) is 0 Å². The number of para-hydroxylation sites is 1. The van der Waals surface area contributed by atoms with Crippen LogP contribution in [-0.4, -0.2) is 59.0 Å². The Balaban J connectivity index is 1.03. The molecule has 4 aromatic rings. The molecule has 5 heteroatoms. The lowest BCUT2D eigenvalue weighted by atomic mass is 10.1. The van der Waals surface area contributed by atoms with Crippen LogP contribution in [-0.2, 0) is 12.8 Å². The maximum absolute atomic E-state index is 3.60. The summed E-state index contributed by atoms with van der Waals surface area (Å²) in [7, 11) is 0. The van der Waals surface area contributed by atoms with Gasteiger partial charge in [0.2, 0.25) is 0 Å². The van der Waals surface area contributed by atoms with Gasteiger partial charge in [-0.05, 0) is 74.2 Å². The first kappa shape index (κ1) is 20.8. The smallest absolute Gasteiger partial charge is 0.0457 e. The van der Waals surface area contributed by atoms with E-state index in [4.69, 9.17) is 0 Å². The maximum Gasteiger partial charge on any atom is 0.0457 e. The summed E-state index contributed by atoms with van der Waals surface area (Å²) in [6.45, 7) is 7.21. The highest BCUT2D eigenvalue weighted by atomic mass is 79.9. The van der Waals surface area contributed by atoms with Crippen molar-refractivity contribution in [1.29, 1.82) is 0 Å². The van der Waals surface area contributed by atoms with Gasteiger partial charge in [-0.3, -0.25) is 0 Å². The van der Waals surface area contributed by atoms with E-state index in [-0.39, 0.29) is 0 Å². The second-order valence-electron chi connectivity index (χ2n) is 8.75. The molecule has 1 aliphatic heterocycles. The molecule has 31 heavy (non-hydrogen) atoms. The minimum absolute atomic E-state index is 1.14. The summed E-state index contributed by atoms with van der Waals surface area (Å²) in [4.78, 5) is 12.1. The number of hydrogen-bond acceptors (Lipinski definition) is 2. The van der Waals surface area contributed by atoms with Crippen LogP contribution in [0.2, 0.25) is 0 Å². The number of H-pyrrole nitrogens is 2. The van der Waals surface area contributed by atoms with Gasteiger partial charge >= 0.3 is 0 Å². The molecule has 5 rings (SSSR count). The summed E-state index contributed by atoms with van der Waals surface area (Å²) >= 11 is 3.60. The Labute approximate surface area is 192 Å². The summed E-state index contributed by atoms with van der Waals surface area (Å²) in [5.74, 6) is 0. The zero-order valence-electron chi connectivity index (χ0n) is 18.0. The van der Waals surface area contributed by atoms with E-state index in [2.05, 4.69) is 90.6 Å². The van der Waals surface area contributed by atoms with E-state index < -0.39 is 0 Å². The first-order chi connectivity index (χ1) is 15.3. The number of benzene rings is 2. The highest BCUT2D eigenvalue weighted by molar-refractivity contribution is 9.10. The topological polar surface area (TPSA) is 38.1 Å². The van der Waals surface area contributed by atoms with Crippen LogP contribution >= 0.6 is 15.9 Å². The lowest BCUT2D eigenvalue weighted by molar-refractivity contribution is 0.130. The standard InChI is InChI=1S/C26H31BrN4/c27-22-9-10-26-24(17-22)21(19-29-26)6-4-12-31-15-13-30(14-16-31)11-3-5-20-18-28-25-8-2-1-7-23(20)25/h1-2,7-10,17-19,28-29H,3-6,11-16H2. The van der Waals surface area contributed by atoms with E-state index in [0.29, 0.717) is 0 Å². The van der Waals surface area contributed by atoms with Gasteiger partial charge in [-0.15, -0.1) is 0 Å². The van der Waals surface area contributed by atoms with E-state index in [0.717, 1.165) is 17.3 Å². The molecule has 2 aromatic carbocycles. The maximum atomic E-state index is 3.60. The molecule has 0 unspecified atom stereocenters. The lowest BCUT2D eigenvalue weighted by Crippen LogP contribution is -2.46. The van der Waals surface area contributed by atoms with Crippen molar-refractivity contribution >= 4 is 37.7 Å². The predicted octanol–water partition coefficient (Wildman–Crippen LogP) is 5.59. The summed E-state index contributed by atoms with van der Waals surface area (Å²) < 4.78 is 1.15. The number of aromatic nitrogens is 2. The monoisotopic (exact) mass is 478 g/mol. The van der Waals surface area contributed by atoms with Crippen molar-refractivity contribution in [1.82, 2.24) is 19.8 Å². The third-order valence-corrected chi connectivity index (χ3v) is 7.20. The molecular formula is C26H31BrN4. The number of aryl methyl sites for hydroxylation is 2. The zero-order valence-corrected chi connectivity index (χ0v) is 19.6. The van der Waals surface area contributed by atoms with Crippen LogP contribution in [0.15, 0.2) is 59.3 Å². The first-order valence-corrected chi connectivity index (χ1v) is 12.3. The Kier molecular flexibility index (Phi) is 6.44. The Bertz CT molecular complexity index is 1140. The van der Waals surface area contributed by atoms with Gasteiger partial charge in [0.15, 0.2) is 0 Å². The summed E-state index contributed by atoms with van der Waals surface area (Å²) in [5, 5.41) is 2.74. The molecule has 0 atom stereocenters. The molecule has 0 saturated carbocycles. The quantitative estimate of drug-likeness (QED) is 0.346. The van der Waals surface area contributed by atoms with Crippen molar-refractivity contribution in [2.75, 3.05) is 39.3 Å². The fourth-order valence-electron chi connectivity index (χ4n) is 4.92. The number of halogens is 1. The van der Waals surface area contributed by atoms with Crippen LogP contribution in [0.25, 0.3) is 21.8 Å². The number of aromatic amines is 2. The molecule has 162 valence electrons. The third-order valence-electron chi connectivity index (χ3n) is 6.71. The van der Waals surface area contributed by atoms with Crippen LogP contribution in [0.1, 0.15) is 24.0 Å². The Hall–Kier alpha value is -2.08. The second kappa shape index (κ2) is 9.60. The summed E-state index contributed by atoms with van der Waals surface area (Å²) in [6, 6.07) is 15.1. The van der Waals surface area contributed by atoms with Crippen LogP contribution in [0.3, 0.4) is 0 Å². The molecule has 4 nitrogen and oxygen atoms in total. The number of rotatable bonds is 8. The lowest BCUT2D eigenvalue weighted by Gasteiger charge is -2.34. The third kappa shape index (κ3) is 4.89. The van der Waals surface area contributed by atoms with Gasteiger partial charge in [0.1, 0.15) is 0 Å². The Morgan fingerprint density at radius 1 is 0.710 bits per heavy atom. The van der Waals surface area contributed by atoms with Gasteiger partial charge in [0, 0.05) is 64.9 Å². The van der Waals surface area contributed by atoms with E-state index in [1.54, 1.807) is 0 Å². The molecule has 1 aliphatic rings. The van der Waals surface area contributed by atoms with Crippen molar-refractivity contribution in [2.45, 2.75) is 25.7 Å². The molecule has 3 heterocycles. The van der Waals surface area contributed by atoms with Crippen LogP contribution in [0.4, 0.5) is 0 Å². The van der Waals surface area contributed by atoms with Crippen molar-refractivity contribution in [2.24, 2.45) is 0 Å². The van der Waals surface area contributed by atoms with Crippen LogP contribution in [0.5, 0.6) is 0 Å². The zero-order chi connectivity index (χ0) is 21.0. The predicted molar refractivity (Wildman–Crippen MR) is 134 cm³/mol. The second-order valence-corrected chi connectivity index (χ2v) is 9.67. The number of fused-ring (bicyclic) bond motifs is 2. The van der Waals surface area contributed by atoms with E-state index in [1.807, 2.05) is 0 Å². The van der Waals surface area contributed by atoms with Gasteiger partial charge in [-0.1, -0.05) is 34.1 Å². The van der Waals surface area contributed by atoms with Crippen molar-refractivity contribution in [3.63, 3.8) is 0 Å². The normalized spacial score (nSPS) is 15.9. The largest absolute Gasteiger partial charge is 0.361 e. The SMILES string of the molecule is Brc1ccc2[nH]cc(CCCN3CCN(CCCc4c[nH]c5ccccc45)CC3)c2c1. The highest BCUT2D eigenvalue weighted by Crippen LogP contribution is 2.24. The fraction of sp³-hybridized carbons (Fsp3) is 0.385. The minimum atomic E-state index is 1.14. The highest BCUT2D eigenvalue weighted by Gasteiger charge is 2.16. The summed E-state index contributed by atoms with van der Waals surface area (Å²) in [5.41, 5.74) is 5.39. The van der Waals surface area contributed by atoms with Gasteiger partial charge in [0.05, 0.1) is 0 Å². The molecule has 2 aromatic heterocycles. The van der Waals surface area contributed by atoms with Crippen LogP contribution < -0.4 is 0 Å². The van der Waals surface area contributed by atoms with Gasteiger partial charge in [-0.25, -0.2) is 0 Å². The number of nitrogens with one attached hydrogen (secondary N) is 2. The molecule has 0 bridgehead atoms. The molecule has 0 radical (unpaired) electrons. The molecule has 2 N–H and O–H groups in total. The summed E-state index contributed by atoms with van der Waals surface area (Å²) in [6.07, 6.45) is 9.13. The molecule has 1 saturated heterocycles. The first-order valence-electron chi connectivity index (χ1n) is 11.5.